The molecule has 5 heteroatoms. The van der Waals surface area contributed by atoms with Gasteiger partial charge in [0.25, 0.3) is 0 Å². The highest BCUT2D eigenvalue weighted by Gasteiger charge is 2.30. The monoisotopic (exact) mass is 235 g/mol. The average Bonchev–Trinajstić information content (AvgIpc) is 1.99. The van der Waals surface area contributed by atoms with E-state index in [0.29, 0.717) is 5.29 Å². The van der Waals surface area contributed by atoms with Gasteiger partial charge in [0.15, 0.2) is 0 Å². The first-order valence-electron chi connectivity index (χ1n) is 4.91. The van der Waals surface area contributed by atoms with Crippen LogP contribution in [0.3, 0.4) is 0 Å². The van der Waals surface area contributed by atoms with Crippen molar-refractivity contribution in [1.82, 2.24) is 10.4 Å². The number of amidine groups is 1. The molecule has 0 aliphatic heterocycles. The fourth-order valence-corrected chi connectivity index (χ4v) is 1.27. The Balaban J connectivity index is 4.45. The van der Waals surface area contributed by atoms with Crippen LogP contribution in [0.4, 0.5) is 0 Å². The summed E-state index contributed by atoms with van der Waals surface area (Å²) in [6, 6.07) is 0. The third-order valence-corrected chi connectivity index (χ3v) is 2.07. The quantitative estimate of drug-likeness (QED) is 0.268. The van der Waals surface area contributed by atoms with Gasteiger partial charge in [-0.15, -0.1) is 0 Å². The molecule has 90 valence electrons. The van der Waals surface area contributed by atoms with E-state index in [1.807, 2.05) is 41.7 Å². The van der Waals surface area contributed by atoms with Gasteiger partial charge in [0.05, 0.1) is 5.60 Å². The first-order valence-corrected chi connectivity index (χ1v) is 5.29. The maximum absolute atomic E-state index is 5.88. The van der Waals surface area contributed by atoms with Gasteiger partial charge in [0, 0.05) is 14.1 Å². The van der Waals surface area contributed by atoms with Gasteiger partial charge >= 0.3 is 0 Å². The molecule has 15 heavy (non-hydrogen) atoms. The number of hydrogen-bond donors (Lipinski definition) is 1. The Kier molecular flexibility index (Phi) is 5.03. The SMILES string of the molecule is CN=C(Cl)NN(C)C(C)(C)OC(C)(C)C. The number of nitrogens with one attached hydrogen (secondary N) is 1. The predicted octanol–water partition coefficient (Wildman–Crippen LogP) is 2.20. The predicted molar refractivity (Wildman–Crippen MR) is 65.0 cm³/mol. The number of hydrazine groups is 1. The van der Waals surface area contributed by atoms with Gasteiger partial charge in [-0.05, 0) is 46.2 Å². The van der Waals surface area contributed by atoms with Crippen LogP contribution in [0, 0.1) is 0 Å². The molecule has 0 bridgehead atoms. The molecular formula is C10H22ClN3O. The van der Waals surface area contributed by atoms with Crippen LogP contribution >= 0.6 is 11.6 Å². The molecule has 0 unspecified atom stereocenters. The second-order valence-corrected chi connectivity index (χ2v) is 5.20. The fraction of sp³-hybridized carbons (Fsp3) is 0.900. The number of aliphatic imine (C=N–C) groups is 1. The Hall–Kier alpha value is -0.320. The molecule has 0 heterocycles. The zero-order chi connectivity index (χ0) is 12.3. The highest BCUT2D eigenvalue weighted by molar-refractivity contribution is 6.64. The molecule has 0 aliphatic carbocycles. The van der Waals surface area contributed by atoms with Crippen LogP contribution in [-0.4, -0.2) is 35.7 Å². The van der Waals surface area contributed by atoms with Gasteiger partial charge in [0.1, 0.15) is 5.72 Å². The van der Waals surface area contributed by atoms with E-state index in [-0.39, 0.29) is 5.60 Å². The molecule has 0 amide bonds. The van der Waals surface area contributed by atoms with Crippen molar-refractivity contribution in [3.8, 4) is 0 Å². The summed E-state index contributed by atoms with van der Waals surface area (Å²) in [5.41, 5.74) is 2.23. The third kappa shape index (κ3) is 5.97. The minimum atomic E-state index is -0.469. The molecule has 4 nitrogen and oxygen atoms in total. The first kappa shape index (κ1) is 14.7. The second-order valence-electron chi connectivity index (χ2n) is 4.85. The lowest BCUT2D eigenvalue weighted by Gasteiger charge is -2.40. The summed E-state index contributed by atoms with van der Waals surface area (Å²) >= 11 is 5.78. The molecule has 0 aromatic rings. The average molecular weight is 236 g/mol. The minimum absolute atomic E-state index is 0.213. The van der Waals surface area contributed by atoms with Gasteiger partial charge < -0.3 is 4.74 Å². The van der Waals surface area contributed by atoms with Gasteiger partial charge in [-0.25, -0.2) is 0 Å². The Labute approximate surface area is 97.6 Å². The number of halogens is 1. The van der Waals surface area contributed by atoms with Crippen molar-refractivity contribution in [3.05, 3.63) is 0 Å². The van der Waals surface area contributed by atoms with Crippen LogP contribution in [0.5, 0.6) is 0 Å². The first-order chi connectivity index (χ1) is 6.58. The van der Waals surface area contributed by atoms with Crippen molar-refractivity contribution in [2.24, 2.45) is 4.99 Å². The van der Waals surface area contributed by atoms with Crippen LogP contribution in [-0.2, 0) is 4.74 Å². The summed E-state index contributed by atoms with van der Waals surface area (Å²) in [4.78, 5) is 3.81. The largest absolute Gasteiger partial charge is 0.354 e. The van der Waals surface area contributed by atoms with Crippen LogP contribution in [0.2, 0.25) is 0 Å². The number of rotatable bonds is 3. The van der Waals surface area contributed by atoms with E-state index in [2.05, 4.69) is 10.4 Å². The third-order valence-electron chi connectivity index (χ3n) is 1.82. The van der Waals surface area contributed by atoms with Crippen molar-refractivity contribution in [3.63, 3.8) is 0 Å². The lowest BCUT2D eigenvalue weighted by Crippen LogP contribution is -2.54. The van der Waals surface area contributed by atoms with Crippen LogP contribution in [0.15, 0.2) is 4.99 Å². The molecule has 0 rings (SSSR count). The highest BCUT2D eigenvalue weighted by Crippen LogP contribution is 2.21. The van der Waals surface area contributed by atoms with Gasteiger partial charge in [0.2, 0.25) is 5.29 Å². The van der Waals surface area contributed by atoms with Crippen LogP contribution in [0.1, 0.15) is 34.6 Å². The van der Waals surface area contributed by atoms with Crippen molar-refractivity contribution >= 4 is 16.9 Å². The van der Waals surface area contributed by atoms with Gasteiger partial charge in [-0.2, -0.15) is 5.01 Å². The molecule has 0 saturated carbocycles. The Morgan fingerprint density at radius 2 is 1.73 bits per heavy atom. The molecule has 0 aromatic carbocycles. The zero-order valence-electron chi connectivity index (χ0n) is 10.7. The molecule has 1 N–H and O–H groups in total. The topological polar surface area (TPSA) is 36.9 Å². The lowest BCUT2D eigenvalue weighted by molar-refractivity contribution is -0.193. The second kappa shape index (κ2) is 5.14. The van der Waals surface area contributed by atoms with E-state index >= 15 is 0 Å². The molecule has 0 radical (unpaired) electrons. The molecular weight excluding hydrogens is 214 g/mol. The molecule has 0 atom stereocenters. The number of hydrogen-bond acceptors (Lipinski definition) is 3. The van der Waals surface area contributed by atoms with Gasteiger partial charge in [-0.3, -0.25) is 10.4 Å². The Bertz CT molecular complexity index is 233. The van der Waals surface area contributed by atoms with Crippen molar-refractivity contribution in [1.29, 1.82) is 0 Å². The summed E-state index contributed by atoms with van der Waals surface area (Å²) in [6.07, 6.45) is 0. The number of nitrogens with zero attached hydrogens (tertiary/aromatic N) is 2. The lowest BCUT2D eigenvalue weighted by atomic mass is 10.1. The number of ether oxygens (including phenoxy) is 1. The summed E-state index contributed by atoms with van der Waals surface area (Å²) in [5.74, 6) is 0. The zero-order valence-corrected chi connectivity index (χ0v) is 11.4. The molecule has 0 aliphatic rings. The molecule has 0 aromatic heterocycles. The maximum atomic E-state index is 5.88. The standard InChI is InChI=1S/C10H22ClN3O/c1-9(2,3)15-10(4,5)14(7)13-8(11)12-6/h1-7H3,(H,12,13). The van der Waals surface area contributed by atoms with Gasteiger partial charge in [-0.1, -0.05) is 0 Å². The van der Waals surface area contributed by atoms with E-state index in [4.69, 9.17) is 16.3 Å². The molecule has 0 fully saturated rings. The van der Waals surface area contributed by atoms with E-state index in [1.54, 1.807) is 12.1 Å². The van der Waals surface area contributed by atoms with Crippen molar-refractivity contribution in [2.45, 2.75) is 45.9 Å². The van der Waals surface area contributed by atoms with Crippen LogP contribution in [0.25, 0.3) is 0 Å². The summed E-state index contributed by atoms with van der Waals surface area (Å²) < 4.78 is 5.88. The van der Waals surface area contributed by atoms with Crippen molar-refractivity contribution < 1.29 is 4.74 Å². The van der Waals surface area contributed by atoms with Crippen molar-refractivity contribution in [2.75, 3.05) is 14.1 Å². The summed E-state index contributed by atoms with van der Waals surface area (Å²) in [7, 11) is 3.49. The van der Waals surface area contributed by atoms with E-state index in [9.17, 15) is 0 Å². The highest BCUT2D eigenvalue weighted by atomic mass is 35.5. The maximum Gasteiger partial charge on any atom is 0.205 e. The summed E-state index contributed by atoms with van der Waals surface area (Å²) in [6.45, 7) is 9.96. The van der Waals surface area contributed by atoms with E-state index in [0.717, 1.165) is 0 Å². The Morgan fingerprint density at radius 1 is 1.27 bits per heavy atom. The molecule has 0 spiro atoms. The molecule has 0 saturated heterocycles. The smallest absolute Gasteiger partial charge is 0.205 e. The van der Waals surface area contributed by atoms with E-state index < -0.39 is 5.72 Å². The minimum Gasteiger partial charge on any atom is -0.354 e. The van der Waals surface area contributed by atoms with Crippen LogP contribution < -0.4 is 5.43 Å². The Morgan fingerprint density at radius 3 is 2.07 bits per heavy atom. The normalized spacial score (nSPS) is 14.6. The van der Waals surface area contributed by atoms with E-state index in [1.165, 1.54) is 0 Å². The summed E-state index contributed by atoms with van der Waals surface area (Å²) in [5, 5.41) is 2.12. The fourth-order valence-electron chi connectivity index (χ4n) is 1.14.